The SMILES string of the molecule is Cc1cc(C(=O)OCC(=O)Nc2ccccc2F)c2cnn(C(C)C)c2n1. The quantitative estimate of drug-likeness (QED) is 0.697. The van der Waals surface area contributed by atoms with Crippen molar-refractivity contribution in [2.45, 2.75) is 26.8 Å². The van der Waals surface area contributed by atoms with Crippen LogP contribution in [0, 0.1) is 12.7 Å². The van der Waals surface area contributed by atoms with Gasteiger partial charge in [0.2, 0.25) is 0 Å². The first kappa shape index (κ1) is 18.5. The van der Waals surface area contributed by atoms with E-state index in [4.69, 9.17) is 4.74 Å². The lowest BCUT2D eigenvalue weighted by atomic mass is 10.1. The summed E-state index contributed by atoms with van der Waals surface area (Å²) in [6.45, 7) is 5.15. The number of para-hydroxylation sites is 1. The van der Waals surface area contributed by atoms with E-state index in [1.165, 1.54) is 18.2 Å². The molecule has 0 atom stereocenters. The van der Waals surface area contributed by atoms with Gasteiger partial charge >= 0.3 is 5.97 Å². The molecule has 7 nitrogen and oxygen atoms in total. The van der Waals surface area contributed by atoms with Gasteiger partial charge in [0.25, 0.3) is 5.91 Å². The Labute approximate surface area is 155 Å². The summed E-state index contributed by atoms with van der Waals surface area (Å²) in [6.07, 6.45) is 1.55. The fourth-order valence-corrected chi connectivity index (χ4v) is 2.65. The monoisotopic (exact) mass is 370 g/mol. The number of ether oxygens (including phenoxy) is 1. The molecule has 3 rings (SSSR count). The summed E-state index contributed by atoms with van der Waals surface area (Å²) in [4.78, 5) is 28.8. The number of hydrogen-bond acceptors (Lipinski definition) is 5. The molecule has 0 saturated heterocycles. The van der Waals surface area contributed by atoms with Crippen molar-refractivity contribution in [3.63, 3.8) is 0 Å². The van der Waals surface area contributed by atoms with E-state index >= 15 is 0 Å². The summed E-state index contributed by atoms with van der Waals surface area (Å²) in [6, 6.07) is 7.42. The van der Waals surface area contributed by atoms with Crippen LogP contribution in [0.25, 0.3) is 11.0 Å². The van der Waals surface area contributed by atoms with Gasteiger partial charge in [-0.2, -0.15) is 5.10 Å². The fraction of sp³-hybridized carbons (Fsp3) is 0.263. The lowest BCUT2D eigenvalue weighted by molar-refractivity contribution is -0.119. The highest BCUT2D eigenvalue weighted by molar-refractivity contribution is 6.03. The molecular formula is C19H19FN4O3. The number of nitrogens with zero attached hydrogens (tertiary/aromatic N) is 3. The number of carbonyl (C=O) groups excluding carboxylic acids is 2. The number of nitrogens with one attached hydrogen (secondary N) is 1. The standard InChI is InChI=1S/C19H19FN4O3/c1-11(2)24-18-14(9-21-24)13(8-12(3)22-18)19(26)27-10-17(25)23-16-7-5-4-6-15(16)20/h4-9,11H,10H2,1-3H3,(H,23,25). The van der Waals surface area contributed by atoms with E-state index in [1.54, 1.807) is 29.9 Å². The molecule has 140 valence electrons. The fourth-order valence-electron chi connectivity index (χ4n) is 2.65. The Morgan fingerprint density at radius 3 is 2.74 bits per heavy atom. The van der Waals surface area contributed by atoms with Crippen LogP contribution < -0.4 is 5.32 Å². The van der Waals surface area contributed by atoms with Gasteiger partial charge < -0.3 is 10.1 Å². The van der Waals surface area contributed by atoms with E-state index in [0.717, 1.165) is 0 Å². The van der Waals surface area contributed by atoms with Crippen molar-refractivity contribution in [1.82, 2.24) is 14.8 Å². The summed E-state index contributed by atoms with van der Waals surface area (Å²) in [5.74, 6) is -1.87. The number of pyridine rings is 1. The van der Waals surface area contributed by atoms with E-state index in [1.807, 2.05) is 13.8 Å². The molecule has 2 heterocycles. The van der Waals surface area contributed by atoms with Gasteiger partial charge in [-0.1, -0.05) is 12.1 Å². The van der Waals surface area contributed by atoms with Crippen molar-refractivity contribution in [2.75, 3.05) is 11.9 Å². The van der Waals surface area contributed by atoms with Gasteiger partial charge in [-0.15, -0.1) is 0 Å². The summed E-state index contributed by atoms with van der Waals surface area (Å²) in [5.41, 5.74) is 1.52. The number of esters is 1. The maximum Gasteiger partial charge on any atom is 0.339 e. The summed E-state index contributed by atoms with van der Waals surface area (Å²) < 4.78 is 20.4. The van der Waals surface area contributed by atoms with Crippen LogP contribution in [0.1, 0.15) is 35.9 Å². The molecule has 0 radical (unpaired) electrons. The van der Waals surface area contributed by atoms with Gasteiger partial charge in [0.05, 0.1) is 22.8 Å². The molecule has 0 aliphatic carbocycles. The highest BCUT2D eigenvalue weighted by Gasteiger charge is 2.19. The van der Waals surface area contributed by atoms with Crippen LogP contribution in [0.5, 0.6) is 0 Å². The number of benzene rings is 1. The van der Waals surface area contributed by atoms with Crippen LogP contribution in [0.15, 0.2) is 36.5 Å². The first-order valence-electron chi connectivity index (χ1n) is 8.43. The third-order valence-corrected chi connectivity index (χ3v) is 3.89. The predicted molar refractivity (Wildman–Crippen MR) is 98.0 cm³/mol. The molecule has 3 aromatic rings. The Bertz CT molecular complexity index is 1010. The zero-order chi connectivity index (χ0) is 19.6. The third kappa shape index (κ3) is 3.94. The van der Waals surface area contributed by atoms with Crippen molar-refractivity contribution in [3.8, 4) is 0 Å². The number of anilines is 1. The predicted octanol–water partition coefficient (Wildman–Crippen LogP) is 3.26. The van der Waals surface area contributed by atoms with Gasteiger partial charge in [-0.3, -0.25) is 4.79 Å². The summed E-state index contributed by atoms with van der Waals surface area (Å²) in [7, 11) is 0. The highest BCUT2D eigenvalue weighted by atomic mass is 19.1. The molecule has 0 saturated carbocycles. The van der Waals surface area contributed by atoms with E-state index in [-0.39, 0.29) is 17.3 Å². The number of rotatable bonds is 5. The van der Waals surface area contributed by atoms with E-state index < -0.39 is 24.3 Å². The van der Waals surface area contributed by atoms with Gasteiger partial charge in [-0.05, 0) is 39.0 Å². The number of amides is 1. The molecule has 0 fully saturated rings. The summed E-state index contributed by atoms with van der Waals surface area (Å²) in [5, 5.41) is 7.18. The van der Waals surface area contributed by atoms with Crippen LogP contribution in [0.2, 0.25) is 0 Å². The molecule has 0 spiro atoms. The Balaban J connectivity index is 1.75. The van der Waals surface area contributed by atoms with E-state index in [9.17, 15) is 14.0 Å². The lowest BCUT2D eigenvalue weighted by Crippen LogP contribution is -2.21. The smallest absolute Gasteiger partial charge is 0.339 e. The second-order valence-electron chi connectivity index (χ2n) is 6.34. The molecule has 0 aliphatic rings. The van der Waals surface area contributed by atoms with Gasteiger partial charge in [0.1, 0.15) is 5.82 Å². The average Bonchev–Trinajstić information content (AvgIpc) is 3.05. The molecular weight excluding hydrogens is 351 g/mol. The number of halogens is 1. The second kappa shape index (κ2) is 7.53. The molecule has 0 unspecified atom stereocenters. The topological polar surface area (TPSA) is 86.1 Å². The van der Waals surface area contributed by atoms with Crippen LogP contribution in [-0.4, -0.2) is 33.2 Å². The van der Waals surface area contributed by atoms with Crippen molar-refractivity contribution in [1.29, 1.82) is 0 Å². The van der Waals surface area contributed by atoms with Crippen molar-refractivity contribution in [2.24, 2.45) is 0 Å². The Morgan fingerprint density at radius 1 is 1.30 bits per heavy atom. The number of fused-ring (bicyclic) bond motifs is 1. The van der Waals surface area contributed by atoms with Crippen LogP contribution in [-0.2, 0) is 9.53 Å². The molecule has 1 aromatic carbocycles. The zero-order valence-electron chi connectivity index (χ0n) is 15.2. The van der Waals surface area contributed by atoms with Crippen LogP contribution in [0.4, 0.5) is 10.1 Å². The minimum absolute atomic E-state index is 0.0268. The van der Waals surface area contributed by atoms with Gasteiger partial charge in [0, 0.05) is 11.7 Å². The first-order chi connectivity index (χ1) is 12.9. The van der Waals surface area contributed by atoms with Crippen LogP contribution in [0.3, 0.4) is 0 Å². The molecule has 0 aliphatic heterocycles. The molecule has 0 bridgehead atoms. The number of hydrogen-bond donors (Lipinski definition) is 1. The van der Waals surface area contributed by atoms with Gasteiger partial charge in [0.15, 0.2) is 12.3 Å². The number of aromatic nitrogens is 3. The van der Waals surface area contributed by atoms with Crippen molar-refractivity contribution >= 4 is 28.6 Å². The zero-order valence-corrected chi connectivity index (χ0v) is 15.2. The molecule has 27 heavy (non-hydrogen) atoms. The molecule has 1 N–H and O–H groups in total. The second-order valence-corrected chi connectivity index (χ2v) is 6.34. The Morgan fingerprint density at radius 2 is 2.04 bits per heavy atom. The summed E-state index contributed by atoms with van der Waals surface area (Å²) >= 11 is 0. The average molecular weight is 370 g/mol. The van der Waals surface area contributed by atoms with Crippen LogP contribution >= 0.6 is 0 Å². The van der Waals surface area contributed by atoms with E-state index in [0.29, 0.717) is 16.7 Å². The van der Waals surface area contributed by atoms with Crippen molar-refractivity contribution < 1.29 is 18.7 Å². The normalized spacial score (nSPS) is 11.0. The highest BCUT2D eigenvalue weighted by Crippen LogP contribution is 2.21. The maximum absolute atomic E-state index is 13.6. The third-order valence-electron chi connectivity index (χ3n) is 3.89. The largest absolute Gasteiger partial charge is 0.452 e. The maximum atomic E-state index is 13.6. The van der Waals surface area contributed by atoms with Crippen molar-refractivity contribution in [3.05, 3.63) is 53.6 Å². The number of aryl methyl sites for hydroxylation is 1. The minimum atomic E-state index is -0.669. The Kier molecular flexibility index (Phi) is 5.16. The van der Waals surface area contributed by atoms with Gasteiger partial charge in [-0.25, -0.2) is 18.9 Å². The Hall–Kier alpha value is -3.29. The molecule has 8 heteroatoms. The molecule has 2 aromatic heterocycles. The number of carbonyl (C=O) groups is 2. The first-order valence-corrected chi connectivity index (χ1v) is 8.43. The van der Waals surface area contributed by atoms with E-state index in [2.05, 4.69) is 15.4 Å². The lowest BCUT2D eigenvalue weighted by Gasteiger charge is -2.09. The molecule has 1 amide bonds. The minimum Gasteiger partial charge on any atom is -0.452 e.